The Balaban J connectivity index is 1.15. The van der Waals surface area contributed by atoms with Crippen molar-refractivity contribution in [2.75, 3.05) is 20.3 Å². The van der Waals surface area contributed by atoms with Crippen LogP contribution in [0.25, 0.3) is 32.2 Å². The van der Waals surface area contributed by atoms with E-state index >= 15 is 0 Å². The molecule has 0 spiro atoms. The molecule has 0 bridgehead atoms. The number of hydrogen-bond acceptors (Lipinski definition) is 8. The molecule has 9 nitrogen and oxygen atoms in total. The Kier molecular flexibility index (Phi) is 9.10. The molecule has 0 fully saturated rings. The number of benzene rings is 3. The minimum Gasteiger partial charge on any atom is -0.691 e. The number of carbonyl (C=O) groups is 1. The molecular formula is C30H31N5O4S. The molecule has 2 aromatic heterocycles. The molecule has 0 amide bonds. The number of aromatic nitrogens is 5. The van der Waals surface area contributed by atoms with Crippen LogP contribution in [-0.4, -0.2) is 46.3 Å². The van der Waals surface area contributed by atoms with Crippen LogP contribution in [0.5, 0.6) is 5.75 Å². The number of fused-ring (bicyclic) bond motifs is 1. The molecule has 2 heterocycles. The van der Waals surface area contributed by atoms with E-state index in [4.69, 9.17) is 9.47 Å². The van der Waals surface area contributed by atoms with E-state index in [1.54, 1.807) is 43.5 Å². The van der Waals surface area contributed by atoms with Gasteiger partial charge in [-0.3, -0.25) is 0 Å². The zero-order valence-corrected chi connectivity index (χ0v) is 23.2. The van der Waals surface area contributed by atoms with Gasteiger partial charge in [-0.15, -0.1) is 15.0 Å². The SMILES string of the molecule is COCCCCCCCCOc1ccc(-c2nnc(-c3ccc(C(=O)n4n[n+]([O-])c5ccccc54)cc3)s2)cc1. The third-order valence-corrected chi connectivity index (χ3v) is 7.62. The van der Waals surface area contributed by atoms with E-state index < -0.39 is 0 Å². The largest absolute Gasteiger partial charge is 0.691 e. The van der Waals surface area contributed by atoms with Gasteiger partial charge >= 0.3 is 5.91 Å². The zero-order chi connectivity index (χ0) is 27.7. The second-order valence-electron chi connectivity index (χ2n) is 9.44. The Morgan fingerprint density at radius 2 is 1.43 bits per heavy atom. The van der Waals surface area contributed by atoms with Gasteiger partial charge in [-0.2, -0.15) is 0 Å². The number of unbranched alkanes of at least 4 members (excludes halogenated alkanes) is 5. The molecular weight excluding hydrogens is 526 g/mol. The van der Waals surface area contributed by atoms with E-state index in [1.807, 2.05) is 36.4 Å². The van der Waals surface area contributed by atoms with Gasteiger partial charge in [0.15, 0.2) is 0 Å². The highest BCUT2D eigenvalue weighted by Crippen LogP contribution is 2.31. The molecule has 10 heteroatoms. The van der Waals surface area contributed by atoms with E-state index in [-0.39, 0.29) is 5.91 Å². The highest BCUT2D eigenvalue weighted by Gasteiger charge is 2.23. The lowest BCUT2D eigenvalue weighted by Crippen LogP contribution is -2.31. The number of carbonyl (C=O) groups excluding carboxylic acids is 1. The zero-order valence-electron chi connectivity index (χ0n) is 22.4. The lowest BCUT2D eigenvalue weighted by atomic mass is 10.1. The van der Waals surface area contributed by atoms with Crippen LogP contribution >= 0.6 is 11.3 Å². The maximum Gasteiger partial charge on any atom is 0.366 e. The van der Waals surface area contributed by atoms with Crippen molar-refractivity contribution in [2.45, 2.75) is 38.5 Å². The molecule has 0 atom stereocenters. The quantitative estimate of drug-likeness (QED) is 0.101. The molecule has 0 aliphatic heterocycles. The lowest BCUT2D eigenvalue weighted by molar-refractivity contribution is -0.645. The van der Waals surface area contributed by atoms with Crippen molar-refractivity contribution in [3.8, 4) is 26.9 Å². The minimum atomic E-state index is -0.379. The first-order chi connectivity index (χ1) is 19.6. The highest BCUT2D eigenvalue weighted by molar-refractivity contribution is 7.17. The predicted octanol–water partition coefficient (Wildman–Crippen LogP) is 5.91. The third-order valence-electron chi connectivity index (χ3n) is 6.60. The van der Waals surface area contributed by atoms with Crippen molar-refractivity contribution in [1.29, 1.82) is 0 Å². The van der Waals surface area contributed by atoms with Crippen LogP contribution in [0.1, 0.15) is 48.9 Å². The maximum absolute atomic E-state index is 13.0. The second-order valence-corrected chi connectivity index (χ2v) is 10.4. The van der Waals surface area contributed by atoms with Crippen LogP contribution in [0.15, 0.2) is 72.8 Å². The Labute approximate surface area is 236 Å². The second kappa shape index (κ2) is 13.3. The van der Waals surface area contributed by atoms with Crippen molar-refractivity contribution in [3.05, 3.63) is 83.6 Å². The fraction of sp³-hybridized carbons (Fsp3) is 0.300. The number of ether oxygens (including phenoxy) is 2. The average Bonchev–Trinajstić information content (AvgIpc) is 3.62. The van der Waals surface area contributed by atoms with Gasteiger partial charge in [0.1, 0.15) is 21.0 Å². The summed E-state index contributed by atoms with van der Waals surface area (Å²) in [4.78, 5) is 13.5. The third kappa shape index (κ3) is 6.52. The van der Waals surface area contributed by atoms with Crippen LogP contribution < -0.4 is 9.58 Å². The summed E-state index contributed by atoms with van der Waals surface area (Å²) in [7, 11) is 1.75. The van der Waals surface area contributed by atoms with Crippen molar-refractivity contribution in [3.63, 3.8) is 0 Å². The maximum atomic E-state index is 13.0. The van der Waals surface area contributed by atoms with Crippen molar-refractivity contribution in [1.82, 2.24) is 20.1 Å². The molecule has 0 radical (unpaired) electrons. The molecule has 0 saturated carbocycles. The summed E-state index contributed by atoms with van der Waals surface area (Å²) in [6, 6.07) is 21.8. The van der Waals surface area contributed by atoms with Crippen LogP contribution in [-0.2, 0) is 4.74 Å². The summed E-state index contributed by atoms with van der Waals surface area (Å²) in [5, 5.41) is 26.1. The van der Waals surface area contributed by atoms with E-state index in [2.05, 4.69) is 15.4 Å². The Bertz CT molecular complexity index is 1550. The van der Waals surface area contributed by atoms with E-state index in [9.17, 15) is 10.0 Å². The summed E-state index contributed by atoms with van der Waals surface area (Å²) < 4.78 is 12.1. The first-order valence-corrected chi connectivity index (χ1v) is 14.2. The lowest BCUT2D eigenvalue weighted by Gasteiger charge is -2.06. The fourth-order valence-corrected chi connectivity index (χ4v) is 5.26. The van der Waals surface area contributed by atoms with E-state index in [1.165, 1.54) is 37.0 Å². The molecule has 3 aromatic carbocycles. The molecule has 5 rings (SSSR count). The number of methoxy groups -OCH3 is 1. The molecule has 0 aliphatic rings. The van der Waals surface area contributed by atoms with Crippen LogP contribution in [0.3, 0.4) is 0 Å². The van der Waals surface area contributed by atoms with Gasteiger partial charge in [0.25, 0.3) is 0 Å². The molecule has 0 saturated heterocycles. The Hall–Kier alpha value is -4.15. The Morgan fingerprint density at radius 1 is 0.825 bits per heavy atom. The van der Waals surface area contributed by atoms with Gasteiger partial charge in [-0.25, -0.2) is 4.79 Å². The number of nitrogens with zero attached hydrogens (tertiary/aromatic N) is 5. The molecule has 0 N–H and O–H groups in total. The summed E-state index contributed by atoms with van der Waals surface area (Å²) in [6.07, 6.45) is 7.06. The summed E-state index contributed by atoms with van der Waals surface area (Å²) in [6.45, 7) is 1.57. The number of rotatable bonds is 13. The smallest absolute Gasteiger partial charge is 0.366 e. The topological polar surface area (TPSA) is 106 Å². The fourth-order valence-electron chi connectivity index (χ4n) is 4.41. The number of hydrogen-bond donors (Lipinski definition) is 0. The summed E-state index contributed by atoms with van der Waals surface area (Å²) >= 11 is 1.48. The van der Waals surface area contributed by atoms with Crippen molar-refractivity contribution in [2.24, 2.45) is 0 Å². The monoisotopic (exact) mass is 557 g/mol. The van der Waals surface area contributed by atoms with Crippen molar-refractivity contribution >= 4 is 28.3 Å². The van der Waals surface area contributed by atoms with E-state index in [0.29, 0.717) is 28.0 Å². The van der Waals surface area contributed by atoms with Crippen LogP contribution in [0, 0.1) is 5.21 Å². The molecule has 0 unspecified atom stereocenters. The van der Waals surface area contributed by atoms with Crippen molar-refractivity contribution < 1.29 is 19.1 Å². The first kappa shape index (κ1) is 27.4. The molecule has 5 aromatic rings. The van der Waals surface area contributed by atoms with Gasteiger partial charge in [0, 0.05) is 24.8 Å². The van der Waals surface area contributed by atoms with Gasteiger partial charge in [-0.1, -0.05) is 66.0 Å². The predicted molar refractivity (Wildman–Crippen MR) is 154 cm³/mol. The Morgan fingerprint density at radius 3 is 2.10 bits per heavy atom. The normalized spacial score (nSPS) is 11.2. The van der Waals surface area contributed by atoms with Crippen LogP contribution in [0.2, 0.25) is 0 Å². The van der Waals surface area contributed by atoms with Crippen LogP contribution in [0.4, 0.5) is 0 Å². The molecule has 40 heavy (non-hydrogen) atoms. The summed E-state index contributed by atoms with van der Waals surface area (Å²) in [5.41, 5.74) is 3.04. The molecule has 206 valence electrons. The first-order valence-electron chi connectivity index (χ1n) is 13.4. The van der Waals surface area contributed by atoms with Gasteiger partial charge < -0.3 is 14.7 Å². The van der Waals surface area contributed by atoms with Gasteiger partial charge in [0.2, 0.25) is 11.0 Å². The van der Waals surface area contributed by atoms with Gasteiger partial charge in [0.05, 0.1) is 12.2 Å². The highest BCUT2D eigenvalue weighted by atomic mass is 32.1. The van der Waals surface area contributed by atoms with Gasteiger partial charge in [-0.05, 0) is 61.4 Å². The minimum absolute atomic E-state index is 0.341. The summed E-state index contributed by atoms with van der Waals surface area (Å²) in [5.74, 6) is 0.469. The number of para-hydroxylation sites is 2. The van der Waals surface area contributed by atoms with E-state index in [0.717, 1.165) is 51.0 Å². The standard InChI is InChI=1S/C30H31N5O4S/c1-38-20-8-4-2-3-5-9-21-39-25-18-16-23(17-19-25)29-32-31-28(40-29)22-12-14-24(15-13-22)30(36)34-26-10-6-7-11-27(26)35(37)33-34/h6-7,10-19H,2-5,8-9,20-21H2,1H3. The molecule has 0 aliphatic carbocycles. The average molecular weight is 558 g/mol.